The van der Waals surface area contributed by atoms with Crippen LogP contribution < -0.4 is 10.1 Å². The van der Waals surface area contributed by atoms with Crippen LogP contribution in [0.4, 0.5) is 0 Å². The van der Waals surface area contributed by atoms with Crippen molar-refractivity contribution in [2.45, 2.75) is 18.9 Å². The summed E-state index contributed by atoms with van der Waals surface area (Å²) < 4.78 is 5.40. The normalized spacial score (nSPS) is 13.5. The summed E-state index contributed by atoms with van der Waals surface area (Å²) in [6.07, 6.45) is -1.81. The van der Waals surface area contributed by atoms with Crippen molar-refractivity contribution in [3.63, 3.8) is 0 Å². The topological polar surface area (TPSA) is 102 Å². The Bertz CT molecular complexity index is 605. The summed E-state index contributed by atoms with van der Waals surface area (Å²) in [5.74, 6) is 0.632. The molecule has 0 aliphatic carbocycles. The van der Waals surface area contributed by atoms with Crippen molar-refractivity contribution >= 4 is 0 Å². The van der Waals surface area contributed by atoms with Crippen molar-refractivity contribution in [2.75, 3.05) is 13.2 Å². The number of nitrogens with one attached hydrogen (secondary N) is 1. The van der Waals surface area contributed by atoms with Crippen molar-refractivity contribution in [1.82, 2.24) is 5.32 Å². The van der Waals surface area contributed by atoms with E-state index in [-0.39, 0.29) is 25.5 Å². The SMILES string of the molecule is OCc1cc(C(O)CNC(O)COc2ccccc2)ccc1O. The highest BCUT2D eigenvalue weighted by molar-refractivity contribution is 5.36. The van der Waals surface area contributed by atoms with Crippen LogP contribution in [-0.4, -0.2) is 39.8 Å². The van der Waals surface area contributed by atoms with Crippen LogP contribution in [0.15, 0.2) is 48.5 Å². The van der Waals surface area contributed by atoms with E-state index in [1.807, 2.05) is 18.2 Å². The highest BCUT2D eigenvalue weighted by Crippen LogP contribution is 2.22. The second-order valence-corrected chi connectivity index (χ2v) is 5.11. The van der Waals surface area contributed by atoms with Crippen molar-refractivity contribution in [1.29, 1.82) is 0 Å². The Balaban J connectivity index is 1.80. The van der Waals surface area contributed by atoms with Crippen LogP contribution in [-0.2, 0) is 6.61 Å². The molecule has 0 saturated heterocycles. The van der Waals surface area contributed by atoms with Gasteiger partial charge in [-0.05, 0) is 29.8 Å². The van der Waals surface area contributed by atoms with E-state index in [9.17, 15) is 15.3 Å². The van der Waals surface area contributed by atoms with E-state index >= 15 is 0 Å². The molecule has 0 heterocycles. The fourth-order valence-electron chi connectivity index (χ4n) is 2.06. The van der Waals surface area contributed by atoms with E-state index in [1.165, 1.54) is 12.1 Å². The summed E-state index contributed by atoms with van der Waals surface area (Å²) in [5.41, 5.74) is 0.880. The molecule has 0 saturated carbocycles. The van der Waals surface area contributed by atoms with Crippen molar-refractivity contribution in [2.24, 2.45) is 0 Å². The fraction of sp³-hybridized carbons (Fsp3) is 0.294. The van der Waals surface area contributed by atoms with Gasteiger partial charge in [0.15, 0.2) is 0 Å². The van der Waals surface area contributed by atoms with Crippen molar-refractivity contribution in [3.8, 4) is 11.5 Å². The van der Waals surface area contributed by atoms with E-state index in [1.54, 1.807) is 18.2 Å². The summed E-state index contributed by atoms with van der Waals surface area (Å²) >= 11 is 0. The molecule has 0 spiro atoms. The maximum atomic E-state index is 10.1. The number of hydrogen-bond donors (Lipinski definition) is 5. The first kappa shape index (κ1) is 17.2. The third kappa shape index (κ3) is 5.22. The van der Waals surface area contributed by atoms with Gasteiger partial charge < -0.3 is 25.2 Å². The van der Waals surface area contributed by atoms with Gasteiger partial charge in [-0.2, -0.15) is 0 Å². The minimum absolute atomic E-state index is 0.0206. The Hall–Kier alpha value is -2.12. The summed E-state index contributed by atoms with van der Waals surface area (Å²) in [7, 11) is 0. The molecule has 23 heavy (non-hydrogen) atoms. The zero-order valence-electron chi connectivity index (χ0n) is 12.6. The molecule has 2 aromatic rings. The molecule has 0 aromatic heterocycles. The van der Waals surface area contributed by atoms with Gasteiger partial charge in [-0.3, -0.25) is 5.32 Å². The monoisotopic (exact) mass is 319 g/mol. The van der Waals surface area contributed by atoms with Crippen LogP contribution in [0.1, 0.15) is 17.2 Å². The first-order valence-electron chi connectivity index (χ1n) is 7.30. The number of aliphatic hydroxyl groups is 3. The molecule has 2 rings (SSSR count). The van der Waals surface area contributed by atoms with Crippen LogP contribution >= 0.6 is 0 Å². The zero-order chi connectivity index (χ0) is 16.7. The molecule has 6 nitrogen and oxygen atoms in total. The number of aliphatic hydroxyl groups excluding tert-OH is 3. The summed E-state index contributed by atoms with van der Waals surface area (Å²) in [5, 5.41) is 41.3. The summed E-state index contributed by atoms with van der Waals surface area (Å²) in [4.78, 5) is 0. The first-order chi connectivity index (χ1) is 11.1. The number of phenols is 1. The van der Waals surface area contributed by atoms with E-state index in [2.05, 4.69) is 5.32 Å². The summed E-state index contributed by atoms with van der Waals surface area (Å²) in [6.45, 7) is -0.156. The molecule has 2 unspecified atom stereocenters. The molecular formula is C17H21NO5. The molecule has 0 aliphatic heterocycles. The van der Waals surface area contributed by atoms with Gasteiger partial charge in [0.25, 0.3) is 0 Å². The number of para-hydroxylation sites is 1. The van der Waals surface area contributed by atoms with Gasteiger partial charge in [0, 0.05) is 12.1 Å². The van der Waals surface area contributed by atoms with Crippen LogP contribution in [0.2, 0.25) is 0 Å². The molecular weight excluding hydrogens is 298 g/mol. The Morgan fingerprint density at radius 1 is 1.04 bits per heavy atom. The van der Waals surface area contributed by atoms with Crippen LogP contribution in [0, 0.1) is 0 Å². The lowest BCUT2D eigenvalue weighted by Gasteiger charge is -2.18. The predicted octanol–water partition coefficient (Wildman–Crippen LogP) is 0.905. The highest BCUT2D eigenvalue weighted by atomic mass is 16.5. The fourth-order valence-corrected chi connectivity index (χ4v) is 2.06. The minimum Gasteiger partial charge on any atom is -0.508 e. The third-order valence-electron chi connectivity index (χ3n) is 3.36. The highest BCUT2D eigenvalue weighted by Gasteiger charge is 2.12. The summed E-state index contributed by atoms with van der Waals surface area (Å²) in [6, 6.07) is 13.6. The Morgan fingerprint density at radius 3 is 2.48 bits per heavy atom. The van der Waals surface area contributed by atoms with Gasteiger partial charge >= 0.3 is 0 Å². The average molecular weight is 319 g/mol. The van der Waals surface area contributed by atoms with Crippen molar-refractivity contribution < 1.29 is 25.2 Å². The van der Waals surface area contributed by atoms with E-state index in [0.717, 1.165) is 0 Å². The standard InChI is InChI=1S/C17H21NO5/c19-10-13-8-12(6-7-15(13)20)16(21)9-18-17(22)11-23-14-4-2-1-3-5-14/h1-8,16-22H,9-11H2. The maximum Gasteiger partial charge on any atom is 0.139 e. The molecule has 0 aliphatic rings. The number of rotatable bonds is 8. The number of hydrogen-bond acceptors (Lipinski definition) is 6. The Kier molecular flexibility index (Phi) is 6.37. The largest absolute Gasteiger partial charge is 0.508 e. The third-order valence-corrected chi connectivity index (χ3v) is 3.36. The van der Waals surface area contributed by atoms with Crippen molar-refractivity contribution in [3.05, 3.63) is 59.7 Å². The lowest BCUT2D eigenvalue weighted by molar-refractivity contribution is 0.0618. The quantitative estimate of drug-likeness (QED) is 0.464. The van der Waals surface area contributed by atoms with E-state index in [4.69, 9.17) is 9.84 Å². The second kappa shape index (κ2) is 8.50. The minimum atomic E-state index is -0.931. The molecule has 0 bridgehead atoms. The first-order valence-corrected chi connectivity index (χ1v) is 7.30. The van der Waals surface area contributed by atoms with E-state index in [0.29, 0.717) is 16.9 Å². The Morgan fingerprint density at radius 2 is 1.78 bits per heavy atom. The molecule has 5 N–H and O–H groups in total. The van der Waals surface area contributed by atoms with Crippen LogP contribution in [0.5, 0.6) is 11.5 Å². The zero-order valence-corrected chi connectivity index (χ0v) is 12.6. The number of ether oxygens (including phenoxy) is 1. The molecule has 2 aromatic carbocycles. The predicted molar refractivity (Wildman–Crippen MR) is 84.9 cm³/mol. The second-order valence-electron chi connectivity index (χ2n) is 5.11. The average Bonchev–Trinajstić information content (AvgIpc) is 2.59. The number of aromatic hydroxyl groups is 1. The van der Waals surface area contributed by atoms with Gasteiger partial charge in [-0.15, -0.1) is 0 Å². The maximum absolute atomic E-state index is 10.1. The molecule has 2 atom stereocenters. The van der Waals surface area contributed by atoms with Crippen LogP contribution in [0.3, 0.4) is 0 Å². The molecule has 0 radical (unpaired) electrons. The molecule has 124 valence electrons. The van der Waals surface area contributed by atoms with Gasteiger partial charge in [-0.1, -0.05) is 24.3 Å². The number of benzene rings is 2. The smallest absolute Gasteiger partial charge is 0.139 e. The van der Waals surface area contributed by atoms with E-state index < -0.39 is 12.3 Å². The van der Waals surface area contributed by atoms with Gasteiger partial charge in [0.1, 0.15) is 24.3 Å². The lowest BCUT2D eigenvalue weighted by Crippen LogP contribution is -2.37. The molecule has 0 amide bonds. The van der Waals surface area contributed by atoms with Crippen LogP contribution in [0.25, 0.3) is 0 Å². The van der Waals surface area contributed by atoms with Gasteiger partial charge in [-0.25, -0.2) is 0 Å². The molecule has 6 heteroatoms. The van der Waals surface area contributed by atoms with Gasteiger partial charge in [0.2, 0.25) is 0 Å². The Labute approximate surface area is 134 Å². The molecule has 0 fully saturated rings. The lowest BCUT2D eigenvalue weighted by atomic mass is 10.1. The van der Waals surface area contributed by atoms with Gasteiger partial charge in [0.05, 0.1) is 12.7 Å².